The Morgan fingerprint density at radius 1 is 0.857 bits per heavy atom. The average Bonchev–Trinajstić information content (AvgIpc) is 0.722. The minimum absolute atomic E-state index is 0. The average molecular weight is 158 g/mol. The highest BCUT2D eigenvalue weighted by atomic mass is 28.4. The summed E-state index contributed by atoms with van der Waals surface area (Å²) in [7, 11) is -4.61. The molecule has 0 aliphatic rings. The van der Waals surface area contributed by atoms with Crippen molar-refractivity contribution in [1.82, 2.24) is 0 Å². The third-order valence-corrected chi connectivity index (χ3v) is 0. The van der Waals surface area contributed by atoms with Crippen LogP contribution in [0.3, 0.4) is 0 Å². The van der Waals surface area contributed by atoms with E-state index in [1.807, 2.05) is 0 Å². The van der Waals surface area contributed by atoms with Crippen molar-refractivity contribution in [1.29, 1.82) is 0 Å². The highest BCUT2D eigenvalue weighted by Crippen LogP contribution is 1.67. The summed E-state index contributed by atoms with van der Waals surface area (Å²) in [6, 6.07) is 0. The fourth-order valence-corrected chi connectivity index (χ4v) is 0. The van der Waals surface area contributed by atoms with Gasteiger partial charge in [-0.25, -0.2) is 0 Å². The first-order chi connectivity index (χ1) is 2.00. The van der Waals surface area contributed by atoms with E-state index in [1.54, 1.807) is 0 Å². The Balaban J connectivity index is -0.0000000800. The first-order valence-corrected chi connectivity index (χ1v) is 2.68. The van der Waals surface area contributed by atoms with Gasteiger partial charge in [0.2, 0.25) is 0 Å². The van der Waals surface area contributed by atoms with Crippen molar-refractivity contribution in [2.24, 2.45) is 0 Å². The molecule has 0 rings (SSSR count). The summed E-state index contributed by atoms with van der Waals surface area (Å²) in [5, 5.41) is 0. The smallest absolute Gasteiger partial charge is 0.368 e. The van der Waals surface area contributed by atoms with Gasteiger partial charge in [0, 0.05) is 0 Å². The molecule has 0 aromatic rings. The molecule has 0 heterocycles. The normalized spacial score (nSPS) is 8.57. The Labute approximate surface area is 57.1 Å². The molecule has 7 heavy (non-hydrogen) atoms. The predicted molar refractivity (Wildman–Crippen MR) is 35.9 cm³/mol. The summed E-state index contributed by atoms with van der Waals surface area (Å²) in [4.78, 5) is 29.3. The lowest BCUT2D eigenvalue weighted by atomic mass is 15.7. The van der Waals surface area contributed by atoms with Crippen LogP contribution in [-0.4, -0.2) is 56.6 Å². The topological polar surface area (TPSA) is 80.9 Å². The second-order valence-corrected chi connectivity index (χ2v) is 1.80. The fraction of sp³-hybridized carbons (Fsp3) is 0. The molecule has 0 spiro atoms. The molecule has 0 atom stereocenters. The van der Waals surface area contributed by atoms with E-state index in [9.17, 15) is 0 Å². The second-order valence-electron chi connectivity index (χ2n) is 0.600. The molecule has 7 heteroatoms. The van der Waals surface area contributed by atoms with Gasteiger partial charge < -0.3 is 19.2 Å². The van der Waals surface area contributed by atoms with Crippen molar-refractivity contribution in [2.75, 3.05) is 0 Å². The Morgan fingerprint density at radius 3 is 0.857 bits per heavy atom. The van der Waals surface area contributed by atoms with Gasteiger partial charge in [0.05, 0.1) is 0 Å². The van der Waals surface area contributed by atoms with Gasteiger partial charge in [0.15, 0.2) is 17.4 Å². The maximum atomic E-state index is 7.33. The van der Waals surface area contributed by atoms with Crippen LogP contribution in [0, 0.1) is 0 Å². The van der Waals surface area contributed by atoms with Crippen LogP contribution in [0.2, 0.25) is 0 Å². The number of hydrogen-bond donors (Lipinski definition) is 4. The zero-order chi connectivity index (χ0) is 4.50. The summed E-state index contributed by atoms with van der Waals surface area (Å²) >= 11 is 0. The minimum Gasteiger partial charge on any atom is -0.368 e. The highest BCUT2D eigenvalue weighted by molar-refractivity contribution is 6.46. The van der Waals surface area contributed by atoms with Crippen molar-refractivity contribution >= 4 is 37.4 Å². The Hall–Kier alpha value is 0.806. The van der Waals surface area contributed by atoms with Crippen LogP contribution in [0.25, 0.3) is 0 Å². The number of rotatable bonds is 0. The minimum atomic E-state index is -4.61. The van der Waals surface area contributed by atoms with E-state index in [1.165, 1.54) is 0 Å². The van der Waals surface area contributed by atoms with Gasteiger partial charge in [0.25, 0.3) is 0 Å². The van der Waals surface area contributed by atoms with Gasteiger partial charge in [-0.15, -0.1) is 0 Å². The van der Waals surface area contributed by atoms with Crippen LogP contribution in [0.1, 0.15) is 0 Å². The lowest BCUT2D eigenvalue weighted by Crippen LogP contribution is -2.33. The van der Waals surface area contributed by atoms with Crippen molar-refractivity contribution in [3.05, 3.63) is 0 Å². The van der Waals surface area contributed by atoms with Crippen LogP contribution in [0.15, 0.2) is 0 Å². The standard InChI is InChI=1S/Al.H4O4Si.H4Si.3H/c;1-5(2,3)4;;;;/h;1-4H;1H4;;;. The van der Waals surface area contributed by atoms with E-state index >= 15 is 0 Å². The van der Waals surface area contributed by atoms with E-state index in [0.29, 0.717) is 0 Å². The zero-order valence-electron chi connectivity index (χ0n) is 2.29. The summed E-state index contributed by atoms with van der Waals surface area (Å²) in [5.74, 6) is 0. The second kappa shape index (κ2) is 4.95. The maximum Gasteiger partial charge on any atom is 0.668 e. The van der Waals surface area contributed by atoms with E-state index in [0.717, 1.165) is 0 Å². The zero-order valence-corrected chi connectivity index (χ0v) is 3.29. The first kappa shape index (κ1) is 15.7. The van der Waals surface area contributed by atoms with Gasteiger partial charge in [-0.1, -0.05) is 0 Å². The molecule has 0 unspecified atom stereocenters. The maximum absolute atomic E-state index is 7.33. The molecule has 0 aromatic heterocycles. The largest absolute Gasteiger partial charge is 0.668 e. The molecule has 4 N–H and O–H groups in total. The van der Waals surface area contributed by atoms with Gasteiger partial charge in [-0.3, -0.25) is 0 Å². The molecule has 0 aliphatic carbocycles. The van der Waals surface area contributed by atoms with Crippen LogP contribution in [0.5, 0.6) is 0 Å². The molecule has 0 fully saturated rings. The molecule has 0 radical (unpaired) electrons. The van der Waals surface area contributed by atoms with Crippen molar-refractivity contribution in [3.8, 4) is 0 Å². The molecular formula is H11AlO4Si2. The van der Waals surface area contributed by atoms with Crippen LogP contribution in [0.4, 0.5) is 0 Å². The monoisotopic (exact) mass is 158 g/mol. The molecule has 46 valence electrons. The van der Waals surface area contributed by atoms with E-state index in [-0.39, 0.29) is 28.3 Å². The van der Waals surface area contributed by atoms with E-state index in [2.05, 4.69) is 0 Å². The summed E-state index contributed by atoms with van der Waals surface area (Å²) < 4.78 is 0. The quantitative estimate of drug-likeness (QED) is 0.266. The summed E-state index contributed by atoms with van der Waals surface area (Å²) in [6.45, 7) is 0. The fourth-order valence-electron chi connectivity index (χ4n) is 0. The van der Waals surface area contributed by atoms with Gasteiger partial charge in [-0.05, 0) is 11.0 Å². The lowest BCUT2D eigenvalue weighted by molar-refractivity contribution is 0.117. The molecule has 4 nitrogen and oxygen atoms in total. The van der Waals surface area contributed by atoms with Gasteiger partial charge in [-0.2, -0.15) is 0 Å². The summed E-state index contributed by atoms with van der Waals surface area (Å²) in [6.07, 6.45) is 0. The number of hydrogen-bond acceptors (Lipinski definition) is 4. The highest BCUT2D eigenvalue weighted by Gasteiger charge is 2.22. The predicted octanol–water partition coefficient (Wildman–Crippen LogP) is -5.24. The van der Waals surface area contributed by atoms with E-state index in [4.69, 9.17) is 19.2 Å². The van der Waals surface area contributed by atoms with Gasteiger partial charge >= 0.3 is 9.05 Å². The summed E-state index contributed by atoms with van der Waals surface area (Å²) in [5.41, 5.74) is 0. The van der Waals surface area contributed by atoms with E-state index < -0.39 is 9.05 Å². The molecule has 0 saturated carbocycles. The molecular weight excluding hydrogens is 147 g/mol. The van der Waals surface area contributed by atoms with Crippen molar-refractivity contribution < 1.29 is 19.2 Å². The van der Waals surface area contributed by atoms with Crippen LogP contribution >= 0.6 is 0 Å². The van der Waals surface area contributed by atoms with Crippen molar-refractivity contribution in [3.63, 3.8) is 0 Å². The molecule has 0 aliphatic heterocycles. The molecule has 0 amide bonds. The molecule has 0 saturated heterocycles. The Kier molecular flexibility index (Phi) is 11.1. The van der Waals surface area contributed by atoms with Gasteiger partial charge in [0.1, 0.15) is 0 Å². The Morgan fingerprint density at radius 2 is 0.857 bits per heavy atom. The molecule has 0 aromatic carbocycles. The SMILES string of the molecule is O[Si](O)(O)O.[AlH3].[SiH4]. The van der Waals surface area contributed by atoms with Crippen LogP contribution in [-0.2, 0) is 0 Å². The Bertz CT molecular complexity index is 25.2. The van der Waals surface area contributed by atoms with Crippen LogP contribution < -0.4 is 0 Å². The third kappa shape index (κ3) is 242. The molecule has 0 bridgehead atoms. The lowest BCUT2D eigenvalue weighted by Gasteiger charge is -1.91. The van der Waals surface area contributed by atoms with Crippen molar-refractivity contribution in [2.45, 2.75) is 0 Å². The third-order valence-electron chi connectivity index (χ3n) is 0. The first-order valence-electron chi connectivity index (χ1n) is 0.894.